The minimum Gasteiger partial charge on any atom is -0.465 e. The Kier molecular flexibility index (Phi) is 56.5. The number of hydrogen-bond acceptors (Lipinski definition) is 3. The highest BCUT2D eigenvalue weighted by molar-refractivity contribution is 5.61. The normalized spacial score (nSPS) is 6.00. The van der Waals surface area contributed by atoms with Crippen LogP contribution in [0.5, 0.6) is 0 Å². The van der Waals surface area contributed by atoms with Gasteiger partial charge in [0, 0.05) is 7.11 Å². The Balaban J connectivity index is -0.0000000456. The van der Waals surface area contributed by atoms with E-state index in [9.17, 15) is 0 Å². The molecule has 25 heavy (non-hydrogen) atoms. The largest absolute Gasteiger partial charge is 0.465 e. The van der Waals surface area contributed by atoms with Gasteiger partial charge in [-0.15, -0.1) is 0 Å². The van der Waals surface area contributed by atoms with Crippen LogP contribution >= 0.6 is 0 Å². The first-order chi connectivity index (χ1) is 10.5. The van der Waals surface area contributed by atoms with E-state index in [1.807, 2.05) is 72.8 Å². The average molecular weight is 358 g/mol. The number of aliphatic hydroxyl groups is 1. The Labute approximate surface area is 151 Å². The van der Waals surface area contributed by atoms with Crippen molar-refractivity contribution in [2.45, 2.75) is 22.3 Å². The van der Waals surface area contributed by atoms with Crippen molar-refractivity contribution in [1.82, 2.24) is 0 Å². The predicted octanol–water partition coefficient (Wildman–Crippen LogP) is 4.14. The third kappa shape index (κ3) is 94.0. The summed E-state index contributed by atoms with van der Waals surface area (Å²) >= 11 is 0. The molecule has 2 amide bonds. The van der Waals surface area contributed by atoms with Crippen LogP contribution in [0.25, 0.3) is 0 Å². The second-order valence-corrected chi connectivity index (χ2v) is 2.99. The maximum Gasteiger partial charge on any atom is 0.402 e. The van der Waals surface area contributed by atoms with Crippen molar-refractivity contribution in [1.29, 1.82) is 0 Å². The number of primary amides is 2. The lowest BCUT2D eigenvalue weighted by molar-refractivity contribution is 0.204. The summed E-state index contributed by atoms with van der Waals surface area (Å²) in [6, 6.07) is 24.0. The summed E-state index contributed by atoms with van der Waals surface area (Å²) in [4.78, 5) is 17.6. The van der Waals surface area contributed by atoms with E-state index in [2.05, 4.69) is 11.5 Å². The Morgan fingerprint density at radius 2 is 0.560 bits per heavy atom. The minimum absolute atomic E-state index is 0. The average Bonchev–Trinajstić information content (AvgIpc) is 2.52. The number of benzene rings is 2. The van der Waals surface area contributed by atoms with E-state index >= 15 is 0 Å². The highest BCUT2D eigenvalue weighted by Gasteiger charge is 1.65. The monoisotopic (exact) mass is 358 g/mol. The summed E-state index contributed by atoms with van der Waals surface area (Å²) < 4.78 is 0. The SMILES string of the molecule is C.C.C.CO.NC(=O)O.NC(=O)O.c1ccccc1.c1ccccc1. The van der Waals surface area contributed by atoms with Gasteiger partial charge >= 0.3 is 12.2 Å². The summed E-state index contributed by atoms with van der Waals surface area (Å²) in [5.41, 5.74) is 8.06. The zero-order valence-corrected chi connectivity index (χ0v) is 12.2. The molecule has 7 nitrogen and oxygen atoms in total. The van der Waals surface area contributed by atoms with E-state index in [0.29, 0.717) is 0 Å². The molecule has 0 spiro atoms. The third-order valence-corrected chi connectivity index (χ3v) is 1.33. The Bertz CT molecular complexity index is 335. The van der Waals surface area contributed by atoms with Crippen LogP contribution in [-0.4, -0.2) is 34.6 Å². The Morgan fingerprint density at radius 1 is 0.520 bits per heavy atom. The summed E-state index contributed by atoms with van der Waals surface area (Å²) in [6.07, 6.45) is -2.67. The number of hydrogen-bond donors (Lipinski definition) is 5. The van der Waals surface area contributed by atoms with Gasteiger partial charge < -0.3 is 26.8 Å². The van der Waals surface area contributed by atoms with Crippen LogP contribution in [0.1, 0.15) is 22.3 Å². The third-order valence-electron chi connectivity index (χ3n) is 1.33. The van der Waals surface area contributed by atoms with Gasteiger partial charge in [0.15, 0.2) is 0 Å². The molecule has 0 heterocycles. The van der Waals surface area contributed by atoms with E-state index < -0.39 is 12.2 Å². The van der Waals surface area contributed by atoms with Crippen molar-refractivity contribution in [3.8, 4) is 0 Å². The van der Waals surface area contributed by atoms with Crippen LogP contribution < -0.4 is 11.5 Å². The molecule has 0 atom stereocenters. The van der Waals surface area contributed by atoms with Crippen LogP contribution in [0.2, 0.25) is 0 Å². The molecular formula is C18H34N2O5. The molecule has 146 valence electrons. The molecule has 7 heteroatoms. The number of rotatable bonds is 0. The number of aliphatic hydroxyl groups excluding tert-OH is 1. The standard InChI is InChI=1S/2C6H6.2CH3NO2.CH4O.3CH4/c2*1-2-4-6-5-3-1;2*2-1(3)4;1-2;;;/h2*1-6H;2*2H2,(H,3,4);2H,1H3;3*1H4. The first-order valence-electron chi connectivity index (χ1n) is 5.88. The number of nitrogens with two attached hydrogens (primary N) is 2. The second kappa shape index (κ2) is 37.3. The van der Waals surface area contributed by atoms with Gasteiger partial charge in [0.2, 0.25) is 0 Å². The zero-order chi connectivity index (χ0) is 17.6. The van der Waals surface area contributed by atoms with Crippen LogP contribution in [0.4, 0.5) is 9.59 Å². The van der Waals surface area contributed by atoms with E-state index in [1.165, 1.54) is 0 Å². The van der Waals surface area contributed by atoms with Gasteiger partial charge in [-0.1, -0.05) is 95.1 Å². The molecule has 0 aliphatic heterocycles. The van der Waals surface area contributed by atoms with Gasteiger partial charge in [0.25, 0.3) is 0 Å². The van der Waals surface area contributed by atoms with Crippen molar-refractivity contribution in [3.63, 3.8) is 0 Å². The summed E-state index contributed by atoms with van der Waals surface area (Å²) in [5.74, 6) is 0. The van der Waals surface area contributed by atoms with Crippen LogP contribution in [0.3, 0.4) is 0 Å². The van der Waals surface area contributed by atoms with E-state index in [4.69, 9.17) is 24.9 Å². The lowest BCUT2D eigenvalue weighted by Gasteiger charge is -1.69. The molecule has 0 saturated heterocycles. The molecule has 2 aromatic carbocycles. The fourth-order valence-corrected chi connectivity index (χ4v) is 0.770. The molecule has 0 bridgehead atoms. The molecule has 2 rings (SSSR count). The van der Waals surface area contributed by atoms with Gasteiger partial charge in [-0.3, -0.25) is 0 Å². The highest BCUT2D eigenvalue weighted by Crippen LogP contribution is 1.80. The lowest BCUT2D eigenvalue weighted by atomic mass is 10.4. The van der Waals surface area contributed by atoms with Crippen molar-refractivity contribution >= 4 is 12.2 Å². The molecule has 0 aliphatic carbocycles. The quantitative estimate of drug-likeness (QED) is 0.480. The number of amides is 2. The Morgan fingerprint density at radius 3 is 0.600 bits per heavy atom. The van der Waals surface area contributed by atoms with E-state index in [-0.39, 0.29) is 22.3 Å². The van der Waals surface area contributed by atoms with Gasteiger partial charge in [0.05, 0.1) is 0 Å². The zero-order valence-electron chi connectivity index (χ0n) is 12.2. The smallest absolute Gasteiger partial charge is 0.402 e. The summed E-state index contributed by atoms with van der Waals surface area (Å²) in [7, 11) is 1.00. The molecular weight excluding hydrogens is 324 g/mol. The maximum absolute atomic E-state index is 8.78. The van der Waals surface area contributed by atoms with Crippen molar-refractivity contribution in [3.05, 3.63) is 72.8 Å². The molecule has 0 saturated carbocycles. The summed E-state index contributed by atoms with van der Waals surface area (Å²) in [6.45, 7) is 0. The van der Waals surface area contributed by atoms with Crippen LogP contribution in [0.15, 0.2) is 72.8 Å². The second-order valence-electron chi connectivity index (χ2n) is 2.99. The summed E-state index contributed by atoms with van der Waals surface area (Å²) in [5, 5.41) is 21.4. The van der Waals surface area contributed by atoms with Gasteiger partial charge in [-0.2, -0.15) is 0 Å². The lowest BCUT2D eigenvalue weighted by Crippen LogP contribution is -2.03. The van der Waals surface area contributed by atoms with Gasteiger partial charge in [0.1, 0.15) is 0 Å². The van der Waals surface area contributed by atoms with Crippen LogP contribution in [-0.2, 0) is 0 Å². The van der Waals surface area contributed by atoms with Crippen molar-refractivity contribution < 1.29 is 24.9 Å². The van der Waals surface area contributed by atoms with Crippen molar-refractivity contribution in [2.75, 3.05) is 7.11 Å². The molecule has 0 aliphatic rings. The van der Waals surface area contributed by atoms with E-state index in [1.54, 1.807) is 0 Å². The molecule has 0 aromatic heterocycles. The highest BCUT2D eigenvalue weighted by atomic mass is 16.4. The molecule has 2 aromatic rings. The number of carboxylic acid groups (broad SMARTS) is 2. The maximum atomic E-state index is 8.78. The molecule has 0 radical (unpaired) electrons. The fraction of sp³-hybridized carbons (Fsp3) is 0.222. The number of carbonyl (C=O) groups is 2. The topological polar surface area (TPSA) is 147 Å². The predicted molar refractivity (Wildman–Crippen MR) is 106 cm³/mol. The van der Waals surface area contributed by atoms with Crippen molar-refractivity contribution in [2.24, 2.45) is 11.5 Å². The molecule has 7 N–H and O–H groups in total. The van der Waals surface area contributed by atoms with Gasteiger partial charge in [-0.25, -0.2) is 9.59 Å². The first kappa shape index (κ1) is 37.9. The van der Waals surface area contributed by atoms with Crippen LogP contribution in [0, 0.1) is 0 Å². The Hall–Kier alpha value is -3.06. The first-order valence-corrected chi connectivity index (χ1v) is 5.88. The fourth-order valence-electron chi connectivity index (χ4n) is 0.770. The molecule has 0 fully saturated rings. The van der Waals surface area contributed by atoms with Gasteiger partial charge in [-0.05, 0) is 0 Å². The molecule has 0 unspecified atom stereocenters. The minimum atomic E-state index is -1.33. The van der Waals surface area contributed by atoms with E-state index in [0.717, 1.165) is 7.11 Å².